The van der Waals surface area contributed by atoms with Crippen LogP contribution >= 0.6 is 22.7 Å². The number of Topliss-reactive ketones (excluding diaryl/α,β-unsaturated/α-hetero) is 2. The van der Waals surface area contributed by atoms with Gasteiger partial charge in [-0.2, -0.15) is 0 Å². The molecular formula is C26H19F2NO2S2. The van der Waals surface area contributed by atoms with Crippen LogP contribution in [-0.4, -0.2) is 24.7 Å². The lowest BCUT2D eigenvalue weighted by Crippen LogP contribution is -2.31. The van der Waals surface area contributed by atoms with Gasteiger partial charge in [0.15, 0.2) is 11.6 Å². The highest BCUT2D eigenvalue weighted by Gasteiger charge is 2.26. The maximum atomic E-state index is 14.0. The number of carbonyl (C=O) groups is 2. The molecule has 1 aliphatic heterocycles. The molecule has 0 saturated heterocycles. The Morgan fingerprint density at radius 3 is 2.42 bits per heavy atom. The molecule has 7 heteroatoms. The van der Waals surface area contributed by atoms with Crippen LogP contribution in [0.2, 0.25) is 0 Å². The zero-order valence-electron chi connectivity index (χ0n) is 17.5. The van der Waals surface area contributed by atoms with Gasteiger partial charge in [0.1, 0.15) is 11.6 Å². The van der Waals surface area contributed by atoms with Gasteiger partial charge in [-0.25, -0.2) is 8.78 Å². The number of carbonyl (C=O) groups excluding carboxylic acids is 2. The van der Waals surface area contributed by atoms with Crippen molar-refractivity contribution in [2.75, 3.05) is 18.0 Å². The minimum Gasteiger partial charge on any atom is -0.362 e. The van der Waals surface area contributed by atoms with E-state index in [-0.39, 0.29) is 30.1 Å². The molecule has 4 aromatic rings. The zero-order chi connectivity index (χ0) is 22.9. The van der Waals surface area contributed by atoms with Crippen LogP contribution in [0.25, 0.3) is 9.75 Å². The van der Waals surface area contributed by atoms with E-state index in [1.54, 1.807) is 11.3 Å². The fraction of sp³-hybridized carbons (Fsp3) is 0.154. The predicted molar refractivity (Wildman–Crippen MR) is 129 cm³/mol. The lowest BCUT2D eigenvalue weighted by atomic mass is 10.1. The summed E-state index contributed by atoms with van der Waals surface area (Å²) in [5.74, 6) is -1.66. The molecule has 0 N–H and O–H groups in total. The number of fused-ring (bicyclic) bond motifs is 3. The van der Waals surface area contributed by atoms with E-state index >= 15 is 0 Å². The van der Waals surface area contributed by atoms with E-state index in [0.717, 1.165) is 21.0 Å². The van der Waals surface area contributed by atoms with Crippen LogP contribution in [0, 0.1) is 11.6 Å². The maximum Gasteiger partial charge on any atom is 0.182 e. The third-order valence-corrected chi connectivity index (χ3v) is 8.04. The second-order valence-electron chi connectivity index (χ2n) is 7.86. The Labute approximate surface area is 197 Å². The molecule has 5 rings (SSSR count). The molecule has 166 valence electrons. The van der Waals surface area contributed by atoms with Crippen molar-refractivity contribution in [2.24, 2.45) is 0 Å². The Hall–Kier alpha value is -3.16. The molecule has 0 amide bonds. The summed E-state index contributed by atoms with van der Waals surface area (Å²) in [7, 11) is 0. The smallest absolute Gasteiger partial charge is 0.182 e. The Morgan fingerprint density at radius 2 is 1.67 bits per heavy atom. The molecule has 1 aliphatic rings. The average molecular weight is 480 g/mol. The molecule has 2 aromatic carbocycles. The van der Waals surface area contributed by atoms with Crippen molar-refractivity contribution >= 4 is 39.9 Å². The number of nitrogens with zero attached hydrogens (tertiary/aromatic N) is 1. The summed E-state index contributed by atoms with van der Waals surface area (Å²) in [4.78, 5) is 30.3. The first-order valence-electron chi connectivity index (χ1n) is 10.5. The molecule has 0 radical (unpaired) electrons. The molecule has 0 aliphatic carbocycles. The van der Waals surface area contributed by atoms with Gasteiger partial charge >= 0.3 is 0 Å². The fourth-order valence-electron chi connectivity index (χ4n) is 4.04. The van der Waals surface area contributed by atoms with E-state index in [1.165, 1.54) is 29.5 Å². The van der Waals surface area contributed by atoms with Crippen LogP contribution in [0.4, 0.5) is 14.5 Å². The number of thiophene rings is 2. The molecule has 0 saturated carbocycles. The van der Waals surface area contributed by atoms with E-state index in [9.17, 15) is 18.4 Å². The molecule has 2 aromatic heterocycles. The predicted octanol–water partition coefficient (Wildman–Crippen LogP) is 6.43. The summed E-state index contributed by atoms with van der Waals surface area (Å²) in [6, 6.07) is 16.7. The maximum absolute atomic E-state index is 14.0. The summed E-state index contributed by atoms with van der Waals surface area (Å²) in [5.41, 5.74) is 2.48. The SMILES string of the molecule is O=C(CN1CCc2cc(C(=O)Cc3c(F)cccc3F)sc2-c2sccc21)c1ccccc1. The number of anilines is 1. The molecule has 0 atom stereocenters. The van der Waals surface area contributed by atoms with Crippen molar-refractivity contribution in [2.45, 2.75) is 12.8 Å². The monoisotopic (exact) mass is 479 g/mol. The van der Waals surface area contributed by atoms with Gasteiger partial charge in [0, 0.05) is 24.1 Å². The van der Waals surface area contributed by atoms with Gasteiger partial charge in [-0.1, -0.05) is 36.4 Å². The van der Waals surface area contributed by atoms with Crippen LogP contribution in [-0.2, 0) is 12.8 Å². The van der Waals surface area contributed by atoms with Crippen molar-refractivity contribution in [1.29, 1.82) is 0 Å². The van der Waals surface area contributed by atoms with E-state index in [0.29, 0.717) is 23.4 Å². The molecule has 0 spiro atoms. The molecule has 0 unspecified atom stereocenters. The van der Waals surface area contributed by atoms with Crippen molar-refractivity contribution in [3.8, 4) is 9.75 Å². The van der Waals surface area contributed by atoms with E-state index in [2.05, 4.69) is 4.90 Å². The number of hydrogen-bond donors (Lipinski definition) is 0. The molecule has 3 heterocycles. The van der Waals surface area contributed by atoms with Crippen molar-refractivity contribution in [3.63, 3.8) is 0 Å². The highest BCUT2D eigenvalue weighted by Crippen LogP contribution is 2.45. The molecular weight excluding hydrogens is 460 g/mol. The van der Waals surface area contributed by atoms with Crippen LogP contribution in [0.3, 0.4) is 0 Å². The molecule has 33 heavy (non-hydrogen) atoms. The fourth-order valence-corrected chi connectivity index (χ4v) is 6.30. The van der Waals surface area contributed by atoms with E-state index in [1.807, 2.05) is 47.8 Å². The van der Waals surface area contributed by atoms with Crippen LogP contribution < -0.4 is 4.90 Å². The third-order valence-electron chi connectivity index (χ3n) is 5.76. The van der Waals surface area contributed by atoms with Gasteiger partial charge in [0.25, 0.3) is 0 Å². The van der Waals surface area contributed by atoms with Gasteiger partial charge in [-0.3, -0.25) is 9.59 Å². The second-order valence-corrected chi connectivity index (χ2v) is 9.83. The zero-order valence-corrected chi connectivity index (χ0v) is 19.1. The second kappa shape index (κ2) is 9.00. The number of halogens is 2. The van der Waals surface area contributed by atoms with Gasteiger partial charge in [0.05, 0.1) is 26.9 Å². The molecule has 0 bridgehead atoms. The highest BCUT2D eigenvalue weighted by atomic mass is 32.1. The van der Waals surface area contributed by atoms with E-state index in [4.69, 9.17) is 0 Å². The van der Waals surface area contributed by atoms with Crippen LogP contribution in [0.15, 0.2) is 66.0 Å². The van der Waals surface area contributed by atoms with Crippen molar-refractivity contribution < 1.29 is 18.4 Å². The highest BCUT2D eigenvalue weighted by molar-refractivity contribution is 7.23. The average Bonchev–Trinajstić information content (AvgIpc) is 3.44. The van der Waals surface area contributed by atoms with Crippen LogP contribution in [0.5, 0.6) is 0 Å². The first kappa shape index (κ1) is 21.7. The molecule has 0 fully saturated rings. The molecule has 3 nitrogen and oxygen atoms in total. The summed E-state index contributed by atoms with van der Waals surface area (Å²) in [6.45, 7) is 0.919. The van der Waals surface area contributed by atoms with Crippen molar-refractivity contribution in [3.05, 3.63) is 99.2 Å². The van der Waals surface area contributed by atoms with Crippen LogP contribution in [0.1, 0.15) is 31.2 Å². The minimum absolute atomic E-state index is 0.0563. The third kappa shape index (κ3) is 4.26. The van der Waals surface area contributed by atoms with Gasteiger partial charge in [-0.05, 0) is 41.6 Å². The van der Waals surface area contributed by atoms with Crippen molar-refractivity contribution in [1.82, 2.24) is 0 Å². The lowest BCUT2D eigenvalue weighted by Gasteiger charge is -2.22. The normalized spacial score (nSPS) is 12.7. The topological polar surface area (TPSA) is 37.4 Å². The van der Waals surface area contributed by atoms with Gasteiger partial charge < -0.3 is 4.90 Å². The number of hydrogen-bond acceptors (Lipinski definition) is 5. The Bertz CT molecular complexity index is 1320. The van der Waals surface area contributed by atoms with Gasteiger partial charge in [0.2, 0.25) is 0 Å². The number of benzene rings is 2. The standard InChI is InChI=1S/C26H19F2NO2S2/c27-19-7-4-8-20(28)18(19)14-22(30)24-13-17-9-11-29(15-23(31)16-5-2-1-3-6-16)21-10-12-32-26(21)25(17)33-24/h1-8,10,12-13H,9,11,14-15H2. The lowest BCUT2D eigenvalue weighted by molar-refractivity contribution is 0.0988. The summed E-state index contributed by atoms with van der Waals surface area (Å²) in [6.07, 6.45) is 0.365. The Morgan fingerprint density at radius 1 is 0.909 bits per heavy atom. The summed E-state index contributed by atoms with van der Waals surface area (Å²) in [5, 5.41) is 1.98. The number of ketones is 2. The first-order chi connectivity index (χ1) is 16.0. The number of rotatable bonds is 6. The summed E-state index contributed by atoms with van der Waals surface area (Å²) >= 11 is 2.92. The first-order valence-corrected chi connectivity index (χ1v) is 12.2. The van der Waals surface area contributed by atoms with Gasteiger partial charge in [-0.15, -0.1) is 22.7 Å². The Balaban J connectivity index is 1.40. The minimum atomic E-state index is -0.708. The quantitative estimate of drug-likeness (QED) is 0.299. The summed E-state index contributed by atoms with van der Waals surface area (Å²) < 4.78 is 28.0. The van der Waals surface area contributed by atoms with E-state index < -0.39 is 11.6 Å². The Kier molecular flexibility index (Phi) is 5.91. The largest absolute Gasteiger partial charge is 0.362 e.